The maximum Gasteiger partial charge on any atom is 0.435 e. The number of amides is 3. The first-order valence-corrected chi connectivity index (χ1v) is 11.1. The van der Waals surface area contributed by atoms with Gasteiger partial charge in [-0.25, -0.2) is 19.9 Å². The number of nitrogens with one attached hydrogen (secondary N) is 3. The summed E-state index contributed by atoms with van der Waals surface area (Å²) in [6, 6.07) is 6.45. The number of hydrogen-bond acceptors (Lipinski definition) is 6. The Morgan fingerprint density at radius 3 is 2.32 bits per heavy atom. The Morgan fingerprint density at radius 2 is 1.73 bits per heavy atom. The summed E-state index contributed by atoms with van der Waals surface area (Å²) in [5.74, 6) is -2.03. The molecule has 0 bridgehead atoms. The van der Waals surface area contributed by atoms with Crippen molar-refractivity contribution < 1.29 is 32.3 Å². The van der Waals surface area contributed by atoms with Crippen LogP contribution in [-0.2, 0) is 10.9 Å². The van der Waals surface area contributed by atoms with Gasteiger partial charge in [0.25, 0.3) is 11.8 Å². The van der Waals surface area contributed by atoms with E-state index in [4.69, 9.17) is 11.6 Å². The summed E-state index contributed by atoms with van der Waals surface area (Å²) < 4.78 is 45.2. The van der Waals surface area contributed by atoms with E-state index in [-0.39, 0.29) is 22.1 Å². The summed E-state index contributed by atoms with van der Waals surface area (Å²) in [5, 5.41) is 5.88. The van der Waals surface area contributed by atoms with Crippen molar-refractivity contribution in [3.8, 4) is 5.82 Å². The summed E-state index contributed by atoms with van der Waals surface area (Å²) in [7, 11) is 1.09. The highest BCUT2D eigenvalue weighted by Crippen LogP contribution is 2.31. The number of carbonyl (C=O) groups excluding carboxylic acids is 3. The number of ether oxygens (including phenoxy) is 1. The molecule has 0 aliphatic heterocycles. The summed E-state index contributed by atoms with van der Waals surface area (Å²) in [6.07, 6.45) is -4.52. The molecule has 1 aromatic carbocycles. The van der Waals surface area contributed by atoms with Gasteiger partial charge in [0.2, 0.25) is 0 Å². The minimum atomic E-state index is -4.86. The van der Waals surface area contributed by atoms with Gasteiger partial charge in [0.15, 0.2) is 11.5 Å². The highest BCUT2D eigenvalue weighted by Gasteiger charge is 2.36. The molecule has 0 saturated heterocycles. The second-order valence-corrected chi connectivity index (χ2v) is 7.57. The molecule has 2 heterocycles. The molecule has 0 unspecified atom stereocenters. The Morgan fingerprint density at radius 1 is 1.05 bits per heavy atom. The van der Waals surface area contributed by atoms with Crippen LogP contribution < -0.4 is 16.2 Å². The van der Waals surface area contributed by atoms with E-state index >= 15 is 0 Å². The lowest BCUT2D eigenvalue weighted by atomic mass is 10.0. The maximum absolute atomic E-state index is 13.4. The summed E-state index contributed by atoms with van der Waals surface area (Å²) in [5.41, 5.74) is 3.26. The van der Waals surface area contributed by atoms with Gasteiger partial charge in [-0.15, -0.1) is 0 Å². The largest absolute Gasteiger partial charge is 0.452 e. The van der Waals surface area contributed by atoms with E-state index in [9.17, 15) is 27.6 Å². The maximum atomic E-state index is 13.4. The number of aryl methyl sites for hydroxylation is 2. The first-order chi connectivity index (χ1) is 17.4. The number of alkyl halides is 3. The van der Waals surface area contributed by atoms with Gasteiger partial charge in [0.1, 0.15) is 5.69 Å². The van der Waals surface area contributed by atoms with Gasteiger partial charge in [-0.1, -0.05) is 31.5 Å². The lowest BCUT2D eigenvalue weighted by Crippen LogP contribution is -2.42. The average Bonchev–Trinajstić information content (AvgIpc) is 3.31. The quantitative estimate of drug-likeness (QED) is 0.407. The van der Waals surface area contributed by atoms with Crippen molar-refractivity contribution >= 4 is 35.2 Å². The van der Waals surface area contributed by atoms with Crippen LogP contribution in [0.3, 0.4) is 0 Å². The van der Waals surface area contributed by atoms with Gasteiger partial charge in [-0.05, 0) is 43.2 Å². The molecule has 198 valence electrons. The van der Waals surface area contributed by atoms with E-state index < -0.39 is 35.5 Å². The van der Waals surface area contributed by atoms with Gasteiger partial charge in [-0.2, -0.15) is 18.3 Å². The Bertz CT molecular complexity index is 1310. The molecule has 0 aliphatic rings. The Balaban J connectivity index is 0.00000235. The van der Waals surface area contributed by atoms with E-state index in [2.05, 4.69) is 25.6 Å². The molecule has 2 aromatic heterocycles. The molecule has 0 aliphatic carbocycles. The molecule has 37 heavy (non-hydrogen) atoms. The molecule has 3 aromatic rings. The fraction of sp³-hybridized carbons (Fsp3) is 0.261. The van der Waals surface area contributed by atoms with Crippen molar-refractivity contribution in [2.24, 2.45) is 0 Å². The van der Waals surface area contributed by atoms with Crippen LogP contribution in [0, 0.1) is 13.8 Å². The highest BCUT2D eigenvalue weighted by molar-refractivity contribution is 6.32. The number of rotatable bonds is 4. The fourth-order valence-corrected chi connectivity index (χ4v) is 3.29. The zero-order valence-corrected chi connectivity index (χ0v) is 21.2. The standard InChI is InChI=1S/C21H18ClF3N6O4.C2H6/c1-10-7-11(2)16(12(8-10)18(32)28-29-20(34)35-3)27-19(33)14-9-15(21(23,24)25)30-31(14)17-13(22)5-4-6-26-17;1-2/h4-9H,1-3H3,(H,27,33)(H,28,32)(H,29,34);1-2H3. The molecule has 0 saturated carbocycles. The van der Waals surface area contributed by atoms with Crippen LogP contribution in [0.4, 0.5) is 23.7 Å². The molecule has 10 nitrogen and oxygen atoms in total. The molecular formula is C23H24ClF3N6O4. The monoisotopic (exact) mass is 540 g/mol. The first kappa shape index (κ1) is 29.1. The number of hydrogen-bond donors (Lipinski definition) is 3. The minimum absolute atomic E-state index is 0.00167. The molecule has 3 rings (SSSR count). The van der Waals surface area contributed by atoms with Gasteiger partial charge in [0, 0.05) is 12.3 Å². The van der Waals surface area contributed by atoms with Crippen molar-refractivity contribution in [2.45, 2.75) is 33.9 Å². The number of anilines is 1. The predicted molar refractivity (Wildman–Crippen MR) is 130 cm³/mol. The third-order valence-corrected chi connectivity index (χ3v) is 4.89. The molecule has 0 radical (unpaired) electrons. The Hall–Kier alpha value is -4.13. The third-order valence-electron chi connectivity index (χ3n) is 4.60. The van der Waals surface area contributed by atoms with E-state index in [0.29, 0.717) is 21.9 Å². The van der Waals surface area contributed by atoms with Crippen LogP contribution in [0.25, 0.3) is 5.82 Å². The Kier molecular flexibility index (Phi) is 9.61. The SMILES string of the molecule is CC.COC(=O)NNC(=O)c1cc(C)cc(C)c1NC(=O)c1cc(C(F)(F)F)nn1-c1ncccc1Cl. The van der Waals surface area contributed by atoms with Gasteiger partial charge in [0.05, 0.1) is 23.4 Å². The van der Waals surface area contributed by atoms with E-state index in [1.807, 2.05) is 19.3 Å². The molecule has 0 fully saturated rings. The number of nitrogens with zero attached hydrogens (tertiary/aromatic N) is 3. The Labute approximate surface area is 215 Å². The number of hydrazine groups is 1. The number of carbonyl (C=O) groups is 3. The predicted octanol–water partition coefficient (Wildman–Crippen LogP) is 4.84. The summed E-state index contributed by atoms with van der Waals surface area (Å²) in [6.45, 7) is 7.28. The normalized spacial score (nSPS) is 10.6. The number of benzene rings is 1. The zero-order chi connectivity index (χ0) is 27.9. The van der Waals surface area contributed by atoms with Crippen LogP contribution in [0.2, 0.25) is 5.02 Å². The minimum Gasteiger partial charge on any atom is -0.452 e. The smallest absolute Gasteiger partial charge is 0.435 e. The summed E-state index contributed by atoms with van der Waals surface area (Å²) >= 11 is 6.07. The van der Waals surface area contributed by atoms with Crippen LogP contribution >= 0.6 is 11.6 Å². The van der Waals surface area contributed by atoms with Crippen molar-refractivity contribution in [3.05, 3.63) is 69.6 Å². The molecule has 3 amide bonds. The van der Waals surface area contributed by atoms with Crippen molar-refractivity contribution in [1.82, 2.24) is 25.6 Å². The topological polar surface area (TPSA) is 127 Å². The molecular weight excluding hydrogens is 517 g/mol. The van der Waals surface area contributed by atoms with E-state index in [0.717, 1.165) is 7.11 Å². The fourth-order valence-electron chi connectivity index (χ4n) is 3.09. The molecule has 0 spiro atoms. The van der Waals surface area contributed by atoms with Crippen LogP contribution in [0.15, 0.2) is 36.5 Å². The molecule has 0 atom stereocenters. The summed E-state index contributed by atoms with van der Waals surface area (Å²) in [4.78, 5) is 41.0. The molecule has 14 heteroatoms. The number of aromatic nitrogens is 3. The second kappa shape index (κ2) is 12.2. The van der Waals surface area contributed by atoms with Crippen LogP contribution in [0.5, 0.6) is 0 Å². The van der Waals surface area contributed by atoms with E-state index in [1.54, 1.807) is 19.9 Å². The number of halogens is 4. The van der Waals surface area contributed by atoms with Gasteiger partial charge < -0.3 is 10.1 Å². The van der Waals surface area contributed by atoms with Crippen LogP contribution in [0.1, 0.15) is 51.5 Å². The lowest BCUT2D eigenvalue weighted by molar-refractivity contribution is -0.141. The first-order valence-electron chi connectivity index (χ1n) is 10.8. The zero-order valence-electron chi connectivity index (χ0n) is 20.5. The van der Waals surface area contributed by atoms with Crippen molar-refractivity contribution in [2.75, 3.05) is 12.4 Å². The van der Waals surface area contributed by atoms with Crippen molar-refractivity contribution in [1.29, 1.82) is 0 Å². The van der Waals surface area contributed by atoms with Crippen molar-refractivity contribution in [3.63, 3.8) is 0 Å². The third kappa shape index (κ3) is 6.97. The second-order valence-electron chi connectivity index (χ2n) is 7.16. The molecule has 3 N–H and O–H groups in total. The van der Waals surface area contributed by atoms with E-state index in [1.165, 1.54) is 24.4 Å². The average molecular weight is 541 g/mol. The highest BCUT2D eigenvalue weighted by atomic mass is 35.5. The van der Waals surface area contributed by atoms with Crippen LogP contribution in [-0.4, -0.2) is 39.8 Å². The van der Waals surface area contributed by atoms with Gasteiger partial charge >= 0.3 is 12.3 Å². The van der Waals surface area contributed by atoms with Gasteiger partial charge in [-0.3, -0.25) is 15.0 Å². The lowest BCUT2D eigenvalue weighted by Gasteiger charge is -2.16. The number of pyridine rings is 1. The number of methoxy groups -OCH3 is 1.